The topological polar surface area (TPSA) is 83.4 Å². The van der Waals surface area contributed by atoms with Crippen LogP contribution in [-0.4, -0.2) is 36.7 Å². The molecule has 0 unspecified atom stereocenters. The molecule has 124 valence electrons. The second kappa shape index (κ2) is 8.28. The van der Waals surface area contributed by atoms with Crippen LogP contribution in [0.2, 0.25) is 0 Å². The first-order valence-electron chi connectivity index (χ1n) is 7.32. The average molecular weight is 321 g/mol. The lowest BCUT2D eigenvalue weighted by molar-refractivity contribution is -0.218. The fraction of sp³-hybridized carbons (Fsp3) is 0.438. The third-order valence-corrected chi connectivity index (χ3v) is 3.05. The van der Waals surface area contributed by atoms with Crippen LogP contribution in [0.4, 0.5) is 0 Å². The normalized spacial score (nSPS) is 20.2. The van der Waals surface area contributed by atoms with Gasteiger partial charge in [-0.05, 0) is 12.5 Å². The summed E-state index contributed by atoms with van der Waals surface area (Å²) in [6.45, 7) is 3.47. The fourth-order valence-corrected chi connectivity index (χ4v) is 2.04. The van der Waals surface area contributed by atoms with Crippen molar-refractivity contribution in [1.82, 2.24) is 0 Å². The van der Waals surface area contributed by atoms with Crippen LogP contribution in [0, 0.1) is 0 Å². The van der Waals surface area contributed by atoms with Gasteiger partial charge in [-0.2, -0.15) is 0 Å². The summed E-state index contributed by atoms with van der Waals surface area (Å²) in [5.74, 6) is -1.08. The van der Waals surface area contributed by atoms with Gasteiger partial charge in [0.05, 0.1) is 13.2 Å². The first-order chi connectivity index (χ1) is 11.1. The van der Waals surface area contributed by atoms with E-state index < -0.39 is 24.3 Å². The highest BCUT2D eigenvalue weighted by molar-refractivity contribution is 6.36. The Morgan fingerprint density at radius 3 is 2.70 bits per heavy atom. The molecule has 7 nitrogen and oxygen atoms in total. The molecule has 0 aliphatic carbocycles. The van der Waals surface area contributed by atoms with E-state index in [4.69, 9.17) is 19.0 Å². The minimum atomic E-state index is -0.878. The zero-order valence-corrected chi connectivity index (χ0v) is 13.1. The third-order valence-electron chi connectivity index (χ3n) is 3.05. The van der Waals surface area contributed by atoms with E-state index in [0.29, 0.717) is 0 Å². The van der Waals surface area contributed by atoms with Crippen molar-refractivity contribution in [2.24, 2.45) is 5.16 Å². The van der Waals surface area contributed by atoms with E-state index in [1.165, 1.54) is 6.92 Å². The molecule has 2 rings (SSSR count). The van der Waals surface area contributed by atoms with Crippen LogP contribution in [0.25, 0.3) is 0 Å². The fourth-order valence-electron chi connectivity index (χ4n) is 2.04. The molecule has 1 aliphatic heterocycles. The van der Waals surface area contributed by atoms with E-state index in [9.17, 15) is 9.59 Å². The second-order valence-electron chi connectivity index (χ2n) is 4.88. The molecular formula is C16H19NO6. The van der Waals surface area contributed by atoms with Gasteiger partial charge in [-0.25, -0.2) is 4.79 Å². The smallest absolute Gasteiger partial charge is 0.356 e. The van der Waals surface area contributed by atoms with E-state index in [1.807, 2.05) is 30.3 Å². The zero-order chi connectivity index (χ0) is 16.7. The highest BCUT2D eigenvalue weighted by Gasteiger charge is 2.35. The molecule has 0 radical (unpaired) electrons. The summed E-state index contributed by atoms with van der Waals surface area (Å²) in [6.07, 6.45) is -1.55. The molecule has 0 aromatic heterocycles. The van der Waals surface area contributed by atoms with E-state index in [0.717, 1.165) is 5.56 Å². The lowest BCUT2D eigenvalue weighted by Crippen LogP contribution is -2.41. The Bertz CT molecular complexity index is 571. The Labute approximate surface area is 134 Å². The molecule has 0 saturated heterocycles. The molecule has 0 amide bonds. The summed E-state index contributed by atoms with van der Waals surface area (Å²) >= 11 is 0. The van der Waals surface area contributed by atoms with E-state index in [1.54, 1.807) is 6.92 Å². The number of carbonyl (C=O) groups excluding carboxylic acids is 2. The van der Waals surface area contributed by atoms with Crippen LogP contribution in [0.5, 0.6) is 0 Å². The number of hydrogen-bond donors (Lipinski definition) is 0. The Kier molecular flexibility index (Phi) is 6.10. The number of hydrogen-bond acceptors (Lipinski definition) is 7. The van der Waals surface area contributed by atoms with Gasteiger partial charge in [-0.3, -0.25) is 4.79 Å². The minimum absolute atomic E-state index is 0.0673. The van der Waals surface area contributed by atoms with E-state index in [-0.39, 0.29) is 25.3 Å². The van der Waals surface area contributed by atoms with Gasteiger partial charge >= 0.3 is 11.9 Å². The lowest BCUT2D eigenvalue weighted by atomic mass is 10.1. The lowest BCUT2D eigenvalue weighted by Gasteiger charge is -2.28. The molecule has 1 aromatic rings. The maximum absolute atomic E-state index is 11.7. The van der Waals surface area contributed by atoms with Gasteiger partial charge in [0, 0.05) is 13.3 Å². The van der Waals surface area contributed by atoms with Crippen molar-refractivity contribution < 1.29 is 28.6 Å². The molecule has 23 heavy (non-hydrogen) atoms. The second-order valence-corrected chi connectivity index (χ2v) is 4.88. The predicted octanol–water partition coefficient (Wildman–Crippen LogP) is 1.80. The van der Waals surface area contributed by atoms with Gasteiger partial charge in [0.15, 0.2) is 11.8 Å². The van der Waals surface area contributed by atoms with Gasteiger partial charge in [0.2, 0.25) is 0 Å². The number of oxime groups is 1. The van der Waals surface area contributed by atoms with Crippen molar-refractivity contribution in [2.75, 3.05) is 6.61 Å². The van der Waals surface area contributed by atoms with Crippen LogP contribution < -0.4 is 0 Å². The number of ether oxygens (including phenoxy) is 3. The molecule has 1 aromatic carbocycles. The maximum Gasteiger partial charge on any atom is 0.356 e. The summed E-state index contributed by atoms with van der Waals surface area (Å²) in [5.41, 5.74) is 1.01. The standard InChI is InChI=1S/C16H19NO6/c1-3-20-15(19)13-9-14(22-11(2)18)16(23-17-13)21-10-12-7-5-4-6-8-12/h4-8,14,16H,3,9-10H2,1-2H3/t14-,16-/m0/s1. The Morgan fingerprint density at radius 2 is 2.04 bits per heavy atom. The van der Waals surface area contributed by atoms with Crippen molar-refractivity contribution >= 4 is 17.7 Å². The highest BCUT2D eigenvalue weighted by Crippen LogP contribution is 2.19. The summed E-state index contributed by atoms with van der Waals surface area (Å²) in [7, 11) is 0. The molecule has 1 heterocycles. The summed E-state index contributed by atoms with van der Waals surface area (Å²) < 4.78 is 15.7. The quantitative estimate of drug-likeness (QED) is 0.743. The van der Waals surface area contributed by atoms with Gasteiger partial charge in [-0.15, -0.1) is 0 Å². The summed E-state index contributed by atoms with van der Waals surface area (Å²) in [5, 5.41) is 3.73. The van der Waals surface area contributed by atoms with Crippen molar-refractivity contribution in [3.63, 3.8) is 0 Å². The van der Waals surface area contributed by atoms with Crippen LogP contribution in [0.15, 0.2) is 35.5 Å². The monoisotopic (exact) mass is 321 g/mol. The number of benzene rings is 1. The highest BCUT2D eigenvalue weighted by atomic mass is 16.8. The summed E-state index contributed by atoms with van der Waals surface area (Å²) in [6, 6.07) is 9.48. The number of nitrogens with zero attached hydrogens (tertiary/aromatic N) is 1. The first-order valence-corrected chi connectivity index (χ1v) is 7.32. The van der Waals surface area contributed by atoms with Crippen molar-refractivity contribution in [3.05, 3.63) is 35.9 Å². The van der Waals surface area contributed by atoms with Crippen molar-refractivity contribution in [1.29, 1.82) is 0 Å². The van der Waals surface area contributed by atoms with Crippen LogP contribution in [-0.2, 0) is 35.2 Å². The van der Waals surface area contributed by atoms with Crippen LogP contribution in [0.1, 0.15) is 25.8 Å². The largest absolute Gasteiger partial charge is 0.461 e. The minimum Gasteiger partial charge on any atom is -0.461 e. The maximum atomic E-state index is 11.7. The van der Waals surface area contributed by atoms with Gasteiger partial charge in [0.25, 0.3) is 6.29 Å². The first kappa shape index (κ1) is 17.0. The number of carbonyl (C=O) groups is 2. The molecule has 1 aliphatic rings. The van der Waals surface area contributed by atoms with E-state index >= 15 is 0 Å². The van der Waals surface area contributed by atoms with Gasteiger partial charge < -0.3 is 19.0 Å². The molecule has 0 saturated carbocycles. The summed E-state index contributed by atoms with van der Waals surface area (Å²) in [4.78, 5) is 28.1. The Balaban J connectivity index is 2.01. The predicted molar refractivity (Wildman–Crippen MR) is 80.3 cm³/mol. The molecule has 0 bridgehead atoms. The molecule has 0 spiro atoms. The van der Waals surface area contributed by atoms with Crippen molar-refractivity contribution in [3.8, 4) is 0 Å². The number of esters is 2. The van der Waals surface area contributed by atoms with Crippen LogP contribution >= 0.6 is 0 Å². The molecular weight excluding hydrogens is 302 g/mol. The Morgan fingerprint density at radius 1 is 1.30 bits per heavy atom. The van der Waals surface area contributed by atoms with E-state index in [2.05, 4.69) is 5.16 Å². The average Bonchev–Trinajstić information content (AvgIpc) is 2.54. The molecule has 0 N–H and O–H groups in total. The van der Waals surface area contributed by atoms with Crippen molar-refractivity contribution in [2.45, 2.75) is 39.3 Å². The SMILES string of the molecule is CCOC(=O)C1=NO[C@H](OCc2ccccc2)[C@@H](OC(C)=O)C1. The van der Waals surface area contributed by atoms with Gasteiger partial charge in [0.1, 0.15) is 0 Å². The zero-order valence-electron chi connectivity index (χ0n) is 13.1. The Hall–Kier alpha value is -2.41. The third kappa shape index (κ3) is 5.07. The van der Waals surface area contributed by atoms with Gasteiger partial charge in [-0.1, -0.05) is 35.5 Å². The van der Waals surface area contributed by atoms with Crippen LogP contribution in [0.3, 0.4) is 0 Å². The molecule has 7 heteroatoms. The number of rotatable bonds is 6. The molecule has 2 atom stereocenters. The molecule has 0 fully saturated rings.